The molecule has 2 heterocycles. The standard InChI is InChI=1S/C12H20BNO/c1-14-11-4-2-3-10(13)9(11)5-6-12(14)7-15-8-12/h9-11H,2-8H2,1H3. The van der Waals surface area contributed by atoms with Crippen LogP contribution in [0.5, 0.6) is 0 Å². The summed E-state index contributed by atoms with van der Waals surface area (Å²) in [6, 6.07) is 0.728. The molecule has 0 bridgehead atoms. The number of hydrogen-bond acceptors (Lipinski definition) is 2. The van der Waals surface area contributed by atoms with Crippen LogP contribution in [0.2, 0.25) is 5.82 Å². The van der Waals surface area contributed by atoms with Gasteiger partial charge in [0.1, 0.15) is 0 Å². The van der Waals surface area contributed by atoms with Crippen LogP contribution in [0.3, 0.4) is 0 Å². The van der Waals surface area contributed by atoms with Gasteiger partial charge in [-0.2, -0.15) is 0 Å². The molecular weight excluding hydrogens is 185 g/mol. The van der Waals surface area contributed by atoms with E-state index in [1.165, 1.54) is 32.1 Å². The maximum atomic E-state index is 6.24. The molecule has 1 saturated carbocycles. The maximum Gasteiger partial charge on any atom is 0.0704 e. The first-order valence-electron chi connectivity index (χ1n) is 6.29. The number of ether oxygens (including phenoxy) is 1. The van der Waals surface area contributed by atoms with Crippen molar-refractivity contribution >= 4 is 7.85 Å². The van der Waals surface area contributed by atoms with Crippen LogP contribution in [-0.4, -0.2) is 44.6 Å². The molecule has 3 atom stereocenters. The van der Waals surface area contributed by atoms with Crippen LogP contribution >= 0.6 is 0 Å². The molecule has 3 heteroatoms. The molecule has 2 saturated heterocycles. The molecule has 2 radical (unpaired) electrons. The van der Waals surface area contributed by atoms with Gasteiger partial charge in [0.2, 0.25) is 0 Å². The van der Waals surface area contributed by atoms with Crippen LogP contribution in [0.25, 0.3) is 0 Å². The molecule has 1 aliphatic carbocycles. The number of rotatable bonds is 0. The van der Waals surface area contributed by atoms with Crippen LogP contribution < -0.4 is 0 Å². The Morgan fingerprint density at radius 1 is 1.27 bits per heavy atom. The average Bonchev–Trinajstić information content (AvgIpc) is 2.17. The van der Waals surface area contributed by atoms with Crippen molar-refractivity contribution in [2.75, 3.05) is 20.3 Å². The molecule has 0 aromatic carbocycles. The highest BCUT2D eigenvalue weighted by atomic mass is 16.5. The third-order valence-electron chi connectivity index (χ3n) is 5.01. The van der Waals surface area contributed by atoms with Crippen LogP contribution in [0, 0.1) is 5.92 Å². The van der Waals surface area contributed by atoms with E-state index >= 15 is 0 Å². The Labute approximate surface area is 93.8 Å². The monoisotopic (exact) mass is 205 g/mol. The molecule has 3 fully saturated rings. The van der Waals surface area contributed by atoms with Crippen molar-refractivity contribution in [3.8, 4) is 0 Å². The van der Waals surface area contributed by atoms with Gasteiger partial charge in [-0.3, -0.25) is 4.90 Å². The molecule has 15 heavy (non-hydrogen) atoms. The molecule has 0 aromatic rings. The predicted octanol–water partition coefficient (Wildman–Crippen LogP) is 1.61. The van der Waals surface area contributed by atoms with Crippen LogP contribution in [-0.2, 0) is 4.74 Å². The van der Waals surface area contributed by atoms with Crippen molar-refractivity contribution in [3.05, 3.63) is 0 Å². The molecular formula is C12H20BNO. The highest BCUT2D eigenvalue weighted by Crippen LogP contribution is 2.47. The smallest absolute Gasteiger partial charge is 0.0704 e. The Morgan fingerprint density at radius 3 is 2.73 bits per heavy atom. The SMILES string of the molecule is [B]C1CCCC2C1CCC1(COC1)N2C. The summed E-state index contributed by atoms with van der Waals surface area (Å²) in [4.78, 5) is 2.60. The summed E-state index contributed by atoms with van der Waals surface area (Å²) in [5.74, 6) is 1.19. The third-order valence-corrected chi connectivity index (χ3v) is 5.01. The van der Waals surface area contributed by atoms with Crippen molar-refractivity contribution in [3.63, 3.8) is 0 Å². The van der Waals surface area contributed by atoms with Gasteiger partial charge in [0.15, 0.2) is 0 Å². The summed E-state index contributed by atoms with van der Waals surface area (Å²) >= 11 is 0. The van der Waals surface area contributed by atoms with Gasteiger partial charge >= 0.3 is 0 Å². The second-order valence-electron chi connectivity index (χ2n) is 5.69. The lowest BCUT2D eigenvalue weighted by molar-refractivity contribution is -0.177. The van der Waals surface area contributed by atoms with E-state index < -0.39 is 0 Å². The molecule has 82 valence electrons. The van der Waals surface area contributed by atoms with Gasteiger partial charge in [0, 0.05) is 6.04 Å². The zero-order valence-electron chi connectivity index (χ0n) is 9.61. The minimum atomic E-state index is 0.387. The first-order chi connectivity index (χ1) is 7.23. The van der Waals surface area contributed by atoms with Crippen molar-refractivity contribution in [2.24, 2.45) is 5.92 Å². The quantitative estimate of drug-likeness (QED) is 0.557. The van der Waals surface area contributed by atoms with E-state index in [1.807, 2.05) is 0 Å². The van der Waals surface area contributed by atoms with Crippen molar-refractivity contribution < 1.29 is 4.74 Å². The summed E-state index contributed by atoms with van der Waals surface area (Å²) in [6.07, 6.45) is 6.50. The molecule has 1 spiro atoms. The van der Waals surface area contributed by atoms with Gasteiger partial charge in [0.05, 0.1) is 26.6 Å². The minimum Gasteiger partial charge on any atom is -0.377 e. The molecule has 3 unspecified atom stereocenters. The summed E-state index contributed by atoms with van der Waals surface area (Å²) < 4.78 is 5.42. The van der Waals surface area contributed by atoms with Gasteiger partial charge in [-0.1, -0.05) is 18.7 Å². The van der Waals surface area contributed by atoms with Gasteiger partial charge in [-0.25, -0.2) is 0 Å². The first-order valence-corrected chi connectivity index (χ1v) is 6.29. The second kappa shape index (κ2) is 3.49. The number of piperidine rings is 1. The normalized spacial score (nSPS) is 44.7. The number of likely N-dealkylation sites (tertiary alicyclic amines) is 1. The fraction of sp³-hybridized carbons (Fsp3) is 1.00. The average molecular weight is 205 g/mol. The predicted molar refractivity (Wildman–Crippen MR) is 61.2 cm³/mol. The molecule has 0 amide bonds. The van der Waals surface area contributed by atoms with E-state index in [0.29, 0.717) is 11.4 Å². The maximum absolute atomic E-state index is 6.24. The minimum absolute atomic E-state index is 0.387. The van der Waals surface area contributed by atoms with E-state index in [4.69, 9.17) is 12.6 Å². The van der Waals surface area contributed by atoms with Crippen LogP contribution in [0.1, 0.15) is 32.1 Å². The number of nitrogens with zero attached hydrogens (tertiary/aromatic N) is 1. The van der Waals surface area contributed by atoms with Gasteiger partial charge in [-0.05, 0) is 32.2 Å². The lowest BCUT2D eigenvalue weighted by atomic mass is 9.60. The number of fused-ring (bicyclic) bond motifs is 1. The van der Waals surface area contributed by atoms with Crippen LogP contribution in [0.15, 0.2) is 0 Å². The van der Waals surface area contributed by atoms with Gasteiger partial charge in [0.25, 0.3) is 0 Å². The molecule has 0 N–H and O–H groups in total. The highest BCUT2D eigenvalue weighted by molar-refractivity contribution is 6.11. The van der Waals surface area contributed by atoms with E-state index in [1.54, 1.807) is 0 Å². The van der Waals surface area contributed by atoms with Gasteiger partial charge < -0.3 is 4.74 Å². The fourth-order valence-electron chi connectivity index (χ4n) is 3.81. The lowest BCUT2D eigenvalue weighted by Crippen LogP contribution is -2.68. The molecule has 2 aliphatic heterocycles. The Morgan fingerprint density at radius 2 is 2.07 bits per heavy atom. The second-order valence-corrected chi connectivity index (χ2v) is 5.69. The van der Waals surface area contributed by atoms with Crippen molar-refractivity contribution in [1.29, 1.82) is 0 Å². The van der Waals surface area contributed by atoms with Crippen LogP contribution in [0.4, 0.5) is 0 Å². The summed E-state index contributed by atoms with van der Waals surface area (Å²) in [7, 11) is 8.53. The van der Waals surface area contributed by atoms with E-state index in [-0.39, 0.29) is 0 Å². The summed E-state index contributed by atoms with van der Waals surface area (Å²) in [5.41, 5.74) is 0.387. The molecule has 3 aliphatic rings. The van der Waals surface area contributed by atoms with E-state index in [2.05, 4.69) is 11.9 Å². The topological polar surface area (TPSA) is 12.5 Å². The van der Waals surface area contributed by atoms with Gasteiger partial charge in [-0.15, -0.1) is 0 Å². The Balaban J connectivity index is 1.79. The molecule has 3 rings (SSSR count). The Kier molecular flexibility index (Phi) is 2.37. The zero-order valence-corrected chi connectivity index (χ0v) is 9.61. The molecule has 2 nitrogen and oxygen atoms in total. The third kappa shape index (κ3) is 1.39. The largest absolute Gasteiger partial charge is 0.377 e. The summed E-state index contributed by atoms with van der Waals surface area (Å²) in [5, 5.41) is 0. The Hall–Kier alpha value is -0.0151. The lowest BCUT2D eigenvalue weighted by Gasteiger charge is -2.59. The van der Waals surface area contributed by atoms with Crippen molar-refractivity contribution in [2.45, 2.75) is 49.5 Å². The first kappa shape index (κ1) is 10.2. The van der Waals surface area contributed by atoms with E-state index in [0.717, 1.165) is 25.2 Å². The van der Waals surface area contributed by atoms with Crippen molar-refractivity contribution in [1.82, 2.24) is 4.90 Å². The number of likely N-dealkylation sites (N-methyl/N-ethyl adjacent to an activating group) is 1. The Bertz CT molecular complexity index is 254. The molecule has 0 aromatic heterocycles. The number of hydrogen-bond donors (Lipinski definition) is 0. The summed E-state index contributed by atoms with van der Waals surface area (Å²) in [6.45, 7) is 1.89. The highest BCUT2D eigenvalue weighted by Gasteiger charge is 2.51. The van der Waals surface area contributed by atoms with E-state index in [9.17, 15) is 0 Å². The fourth-order valence-corrected chi connectivity index (χ4v) is 3.81. The zero-order chi connectivity index (χ0) is 10.5.